The normalized spacial score (nSPS) is 14.7. The molecule has 0 aromatic heterocycles. The highest BCUT2D eigenvalue weighted by Gasteiger charge is 2.16. The van der Waals surface area contributed by atoms with Crippen molar-refractivity contribution >= 4 is 17.6 Å². The molecule has 144 valence electrons. The second kappa shape index (κ2) is 10.0. The lowest BCUT2D eigenvalue weighted by Crippen LogP contribution is -2.39. The second-order valence-electron chi connectivity index (χ2n) is 7.19. The molecule has 1 fully saturated rings. The molecule has 0 saturated carbocycles. The number of likely N-dealkylation sites (tertiary alicyclic amines) is 1. The number of amides is 3. The lowest BCUT2D eigenvalue weighted by Gasteiger charge is -2.22. The molecule has 2 rings (SSSR count). The zero-order chi connectivity index (χ0) is 18.9. The third-order valence-electron chi connectivity index (χ3n) is 4.77. The zero-order valence-corrected chi connectivity index (χ0v) is 16.3. The third kappa shape index (κ3) is 6.24. The fourth-order valence-corrected chi connectivity index (χ4v) is 3.12. The molecule has 1 aromatic carbocycles. The predicted octanol–water partition coefficient (Wildman–Crippen LogP) is 2.69. The first-order valence-corrected chi connectivity index (χ1v) is 9.50. The van der Waals surface area contributed by atoms with Crippen LogP contribution in [0.5, 0.6) is 0 Å². The fourth-order valence-electron chi connectivity index (χ4n) is 3.12. The van der Waals surface area contributed by atoms with E-state index in [9.17, 15) is 9.59 Å². The largest absolute Gasteiger partial charge is 0.378 e. The number of hydrogen-bond acceptors (Lipinski definition) is 3. The number of urea groups is 1. The van der Waals surface area contributed by atoms with Gasteiger partial charge in [-0.25, -0.2) is 4.79 Å². The maximum Gasteiger partial charge on any atom is 0.317 e. The van der Waals surface area contributed by atoms with E-state index in [0.29, 0.717) is 19.5 Å². The van der Waals surface area contributed by atoms with Crippen LogP contribution in [0, 0.1) is 0 Å². The first kappa shape index (κ1) is 20.1. The molecule has 0 radical (unpaired) electrons. The van der Waals surface area contributed by atoms with Gasteiger partial charge in [0.15, 0.2) is 0 Å². The van der Waals surface area contributed by atoms with Gasteiger partial charge in [-0.3, -0.25) is 4.79 Å². The van der Waals surface area contributed by atoms with Crippen molar-refractivity contribution in [3.8, 4) is 0 Å². The summed E-state index contributed by atoms with van der Waals surface area (Å²) in [5.74, 6) is 0.257. The van der Waals surface area contributed by atoms with Crippen molar-refractivity contribution in [3.05, 3.63) is 29.8 Å². The van der Waals surface area contributed by atoms with Crippen LogP contribution in [0.4, 0.5) is 10.5 Å². The molecule has 26 heavy (non-hydrogen) atoms. The SMILES string of the molecule is CN(Cc1ccc(N(C)C)cc1)C(=O)NCCCN1CCCCCC1=O. The molecule has 0 atom stereocenters. The summed E-state index contributed by atoms with van der Waals surface area (Å²) < 4.78 is 0. The number of carbonyl (C=O) groups is 2. The topological polar surface area (TPSA) is 55.9 Å². The van der Waals surface area contributed by atoms with E-state index in [1.165, 1.54) is 0 Å². The quantitative estimate of drug-likeness (QED) is 0.761. The van der Waals surface area contributed by atoms with Crippen molar-refractivity contribution in [1.29, 1.82) is 0 Å². The van der Waals surface area contributed by atoms with Gasteiger partial charge in [0.1, 0.15) is 0 Å². The van der Waals surface area contributed by atoms with E-state index in [1.807, 2.05) is 31.1 Å². The standard InChI is InChI=1S/C20H32N4O2/c1-22(2)18-11-9-17(10-12-18)16-23(3)20(26)21-13-7-15-24-14-6-4-5-8-19(24)25/h9-12H,4-8,13-16H2,1-3H3,(H,21,26). The smallest absolute Gasteiger partial charge is 0.317 e. The Morgan fingerprint density at radius 2 is 1.85 bits per heavy atom. The van der Waals surface area contributed by atoms with Crippen molar-refractivity contribution in [3.63, 3.8) is 0 Å². The molecular formula is C20H32N4O2. The molecule has 0 bridgehead atoms. The summed E-state index contributed by atoms with van der Waals surface area (Å²) in [6.07, 6.45) is 4.70. The van der Waals surface area contributed by atoms with E-state index in [1.54, 1.807) is 11.9 Å². The molecule has 3 amide bonds. The summed E-state index contributed by atoms with van der Waals surface area (Å²) in [6, 6.07) is 8.12. The van der Waals surface area contributed by atoms with Crippen LogP contribution in [0.1, 0.15) is 37.7 Å². The van der Waals surface area contributed by atoms with Gasteiger partial charge in [-0.1, -0.05) is 18.6 Å². The number of nitrogens with zero attached hydrogens (tertiary/aromatic N) is 3. The highest BCUT2D eigenvalue weighted by molar-refractivity contribution is 5.76. The summed E-state index contributed by atoms with van der Waals surface area (Å²) in [4.78, 5) is 29.8. The van der Waals surface area contributed by atoms with E-state index >= 15 is 0 Å². The monoisotopic (exact) mass is 360 g/mol. The van der Waals surface area contributed by atoms with Crippen LogP contribution in [0.15, 0.2) is 24.3 Å². The minimum absolute atomic E-state index is 0.0797. The minimum Gasteiger partial charge on any atom is -0.378 e. The van der Waals surface area contributed by atoms with E-state index in [0.717, 1.165) is 50.0 Å². The van der Waals surface area contributed by atoms with Gasteiger partial charge >= 0.3 is 6.03 Å². The van der Waals surface area contributed by atoms with Crippen LogP contribution in [0.25, 0.3) is 0 Å². The molecule has 0 unspecified atom stereocenters. The molecule has 6 nitrogen and oxygen atoms in total. The van der Waals surface area contributed by atoms with E-state index in [-0.39, 0.29) is 11.9 Å². The Kier molecular flexibility index (Phi) is 7.75. The van der Waals surface area contributed by atoms with Crippen molar-refractivity contribution in [2.45, 2.75) is 38.6 Å². The van der Waals surface area contributed by atoms with Crippen molar-refractivity contribution in [2.24, 2.45) is 0 Å². The molecule has 1 aromatic rings. The van der Waals surface area contributed by atoms with Gasteiger partial charge in [0, 0.05) is 59.4 Å². The van der Waals surface area contributed by atoms with Crippen LogP contribution in [0.3, 0.4) is 0 Å². The van der Waals surface area contributed by atoms with Crippen LogP contribution in [0.2, 0.25) is 0 Å². The van der Waals surface area contributed by atoms with E-state index < -0.39 is 0 Å². The molecular weight excluding hydrogens is 328 g/mol. The summed E-state index contributed by atoms with van der Waals surface area (Å²) in [6.45, 7) is 2.75. The molecule has 1 N–H and O–H groups in total. The molecule has 0 aliphatic carbocycles. The number of anilines is 1. The predicted molar refractivity (Wildman–Crippen MR) is 105 cm³/mol. The fraction of sp³-hybridized carbons (Fsp3) is 0.600. The van der Waals surface area contributed by atoms with Crippen LogP contribution in [-0.4, -0.2) is 62.5 Å². The average Bonchev–Trinajstić information content (AvgIpc) is 2.83. The molecule has 0 spiro atoms. The number of rotatable bonds is 7. The lowest BCUT2D eigenvalue weighted by molar-refractivity contribution is -0.130. The van der Waals surface area contributed by atoms with E-state index in [4.69, 9.17) is 0 Å². The molecule has 1 aliphatic rings. The number of carbonyl (C=O) groups excluding carboxylic acids is 2. The van der Waals surface area contributed by atoms with Crippen molar-refractivity contribution < 1.29 is 9.59 Å². The van der Waals surface area contributed by atoms with E-state index in [2.05, 4.69) is 22.3 Å². The Morgan fingerprint density at radius 1 is 1.12 bits per heavy atom. The first-order chi connectivity index (χ1) is 12.5. The van der Waals surface area contributed by atoms with Crippen LogP contribution in [-0.2, 0) is 11.3 Å². The summed E-state index contributed by atoms with van der Waals surface area (Å²) >= 11 is 0. The summed E-state index contributed by atoms with van der Waals surface area (Å²) in [5, 5.41) is 2.94. The minimum atomic E-state index is -0.0797. The Bertz CT molecular complexity index is 586. The maximum atomic E-state index is 12.2. The number of benzene rings is 1. The number of hydrogen-bond donors (Lipinski definition) is 1. The molecule has 1 aliphatic heterocycles. The van der Waals surface area contributed by atoms with Gasteiger partial charge in [-0.05, 0) is 37.0 Å². The third-order valence-corrected chi connectivity index (χ3v) is 4.77. The first-order valence-electron chi connectivity index (χ1n) is 9.50. The van der Waals surface area contributed by atoms with Gasteiger partial charge in [-0.2, -0.15) is 0 Å². The van der Waals surface area contributed by atoms with Gasteiger partial charge in [-0.15, -0.1) is 0 Å². The highest BCUT2D eigenvalue weighted by Crippen LogP contribution is 2.13. The Balaban J connectivity index is 1.69. The van der Waals surface area contributed by atoms with Crippen LogP contribution >= 0.6 is 0 Å². The van der Waals surface area contributed by atoms with Crippen molar-refractivity contribution in [2.75, 3.05) is 45.7 Å². The van der Waals surface area contributed by atoms with Gasteiger partial charge < -0.3 is 20.0 Å². The average molecular weight is 361 g/mol. The maximum absolute atomic E-state index is 12.2. The number of nitrogens with one attached hydrogen (secondary N) is 1. The molecule has 6 heteroatoms. The Labute approximate surface area is 157 Å². The molecule has 1 heterocycles. The molecule has 1 saturated heterocycles. The Morgan fingerprint density at radius 3 is 2.54 bits per heavy atom. The second-order valence-corrected chi connectivity index (χ2v) is 7.19. The summed E-state index contributed by atoms with van der Waals surface area (Å²) in [7, 11) is 5.81. The van der Waals surface area contributed by atoms with Crippen LogP contribution < -0.4 is 10.2 Å². The van der Waals surface area contributed by atoms with Gasteiger partial charge in [0.05, 0.1) is 0 Å². The zero-order valence-electron chi connectivity index (χ0n) is 16.3. The van der Waals surface area contributed by atoms with Gasteiger partial charge in [0.2, 0.25) is 5.91 Å². The van der Waals surface area contributed by atoms with Crippen molar-refractivity contribution in [1.82, 2.24) is 15.1 Å². The lowest BCUT2D eigenvalue weighted by atomic mass is 10.2. The highest BCUT2D eigenvalue weighted by atomic mass is 16.2. The van der Waals surface area contributed by atoms with Gasteiger partial charge in [0.25, 0.3) is 0 Å². The Hall–Kier alpha value is -2.24. The summed E-state index contributed by atoms with van der Waals surface area (Å²) in [5.41, 5.74) is 2.24.